The highest BCUT2D eigenvalue weighted by atomic mass is 16.2. The normalized spacial score (nSPS) is 26.5. The molecule has 4 amide bonds. The van der Waals surface area contributed by atoms with Crippen molar-refractivity contribution in [3.63, 3.8) is 0 Å². The van der Waals surface area contributed by atoms with Crippen LogP contribution in [0, 0.1) is 0 Å². The Hall–Kier alpha value is -3.44. The molecule has 3 aliphatic rings. The zero-order valence-corrected chi connectivity index (χ0v) is 16.6. The van der Waals surface area contributed by atoms with E-state index in [1.807, 2.05) is 6.07 Å². The Labute approximate surface area is 177 Å². The van der Waals surface area contributed by atoms with Crippen molar-refractivity contribution in [2.75, 3.05) is 13.1 Å². The fourth-order valence-electron chi connectivity index (χ4n) is 4.66. The molecule has 3 N–H and O–H groups in total. The van der Waals surface area contributed by atoms with Crippen LogP contribution in [0.3, 0.4) is 0 Å². The summed E-state index contributed by atoms with van der Waals surface area (Å²) in [5.41, 5.74) is 7.59. The van der Waals surface area contributed by atoms with E-state index in [0.29, 0.717) is 30.8 Å². The predicted molar refractivity (Wildman–Crippen MR) is 105 cm³/mol. The van der Waals surface area contributed by atoms with E-state index in [1.165, 1.54) is 0 Å². The average Bonchev–Trinajstić information content (AvgIpc) is 3.43. The summed E-state index contributed by atoms with van der Waals surface area (Å²) in [7, 11) is 0. The van der Waals surface area contributed by atoms with Crippen LogP contribution in [-0.2, 0) is 16.1 Å². The monoisotopic (exact) mass is 423 g/mol. The van der Waals surface area contributed by atoms with Gasteiger partial charge in [-0.15, -0.1) is 5.10 Å². The van der Waals surface area contributed by atoms with Gasteiger partial charge < -0.3 is 5.73 Å². The summed E-state index contributed by atoms with van der Waals surface area (Å²) in [5, 5.41) is 10.1. The smallest absolute Gasteiger partial charge is 0.262 e. The van der Waals surface area contributed by atoms with E-state index in [0.717, 1.165) is 4.90 Å². The number of benzene rings is 1. The number of carbonyl (C=O) groups excluding carboxylic acids is 4. The van der Waals surface area contributed by atoms with Crippen LogP contribution in [0.1, 0.15) is 45.2 Å². The third kappa shape index (κ3) is 3.22. The quantitative estimate of drug-likeness (QED) is 0.600. The zero-order valence-electron chi connectivity index (χ0n) is 16.6. The molecule has 11 nitrogen and oxygen atoms in total. The maximum absolute atomic E-state index is 13.2. The molecule has 2 fully saturated rings. The van der Waals surface area contributed by atoms with Crippen molar-refractivity contribution >= 4 is 23.6 Å². The van der Waals surface area contributed by atoms with Crippen LogP contribution >= 0.6 is 0 Å². The number of aromatic nitrogens is 3. The van der Waals surface area contributed by atoms with Gasteiger partial charge in [0, 0.05) is 38.3 Å². The third-order valence-corrected chi connectivity index (χ3v) is 6.14. The number of nitrogens with two attached hydrogens (primary N) is 1. The maximum Gasteiger partial charge on any atom is 0.262 e. The van der Waals surface area contributed by atoms with Gasteiger partial charge in [0.25, 0.3) is 11.8 Å². The molecule has 0 aliphatic carbocycles. The van der Waals surface area contributed by atoms with Crippen molar-refractivity contribution in [2.24, 2.45) is 5.73 Å². The summed E-state index contributed by atoms with van der Waals surface area (Å²) in [6.07, 6.45) is 3.60. The zero-order chi connectivity index (χ0) is 21.7. The Balaban J connectivity index is 1.39. The molecule has 5 rings (SSSR count). The van der Waals surface area contributed by atoms with E-state index in [-0.39, 0.29) is 30.5 Å². The first-order valence-electron chi connectivity index (χ1n) is 10.1. The molecule has 160 valence electrons. The number of rotatable bonds is 4. The number of likely N-dealkylation sites (tertiary alicyclic amines) is 1. The number of hydrogen-bond acceptors (Lipinski definition) is 8. The van der Waals surface area contributed by atoms with Crippen LogP contribution in [0.2, 0.25) is 0 Å². The highest BCUT2D eigenvalue weighted by molar-refractivity contribution is 6.24. The molecule has 2 aromatic rings. The van der Waals surface area contributed by atoms with Crippen molar-refractivity contribution in [1.29, 1.82) is 0 Å². The van der Waals surface area contributed by atoms with Crippen LogP contribution in [0.15, 0.2) is 30.6 Å². The van der Waals surface area contributed by atoms with Crippen LogP contribution in [0.4, 0.5) is 0 Å². The molecule has 1 aromatic heterocycles. The van der Waals surface area contributed by atoms with Gasteiger partial charge in [0.15, 0.2) is 0 Å². The molecule has 31 heavy (non-hydrogen) atoms. The lowest BCUT2D eigenvalue weighted by Gasteiger charge is -2.28. The Morgan fingerprint density at radius 3 is 2.71 bits per heavy atom. The van der Waals surface area contributed by atoms with E-state index in [2.05, 4.69) is 20.5 Å². The minimum atomic E-state index is -0.977. The number of carbonyl (C=O) groups is 4. The minimum Gasteiger partial charge on any atom is -0.325 e. The Morgan fingerprint density at radius 1 is 1.13 bits per heavy atom. The summed E-state index contributed by atoms with van der Waals surface area (Å²) in [6, 6.07) is 3.99. The van der Waals surface area contributed by atoms with E-state index >= 15 is 0 Å². The van der Waals surface area contributed by atoms with Gasteiger partial charge in [-0.05, 0) is 18.1 Å². The largest absolute Gasteiger partial charge is 0.325 e. The summed E-state index contributed by atoms with van der Waals surface area (Å²) < 4.78 is 1.74. The lowest BCUT2D eigenvalue weighted by Crippen LogP contribution is -2.54. The maximum atomic E-state index is 13.2. The van der Waals surface area contributed by atoms with E-state index < -0.39 is 29.7 Å². The molecular weight excluding hydrogens is 402 g/mol. The number of piperidine rings is 1. The summed E-state index contributed by atoms with van der Waals surface area (Å²) in [4.78, 5) is 53.0. The second kappa shape index (κ2) is 7.36. The van der Waals surface area contributed by atoms with Crippen LogP contribution in [0.25, 0.3) is 0 Å². The van der Waals surface area contributed by atoms with Gasteiger partial charge in [0.1, 0.15) is 6.04 Å². The van der Waals surface area contributed by atoms with E-state index in [1.54, 1.807) is 29.2 Å². The number of hydrogen-bond donors (Lipinski definition) is 2. The second-order valence-corrected chi connectivity index (χ2v) is 8.10. The topological polar surface area (TPSA) is 144 Å². The van der Waals surface area contributed by atoms with Crippen molar-refractivity contribution in [3.8, 4) is 0 Å². The first kappa shape index (κ1) is 19.5. The lowest BCUT2D eigenvalue weighted by molar-refractivity contribution is -0.136. The van der Waals surface area contributed by atoms with Gasteiger partial charge >= 0.3 is 0 Å². The summed E-state index contributed by atoms with van der Waals surface area (Å²) >= 11 is 0. The molecule has 0 saturated carbocycles. The first-order chi connectivity index (χ1) is 14.9. The van der Waals surface area contributed by atoms with E-state index in [9.17, 15) is 19.2 Å². The van der Waals surface area contributed by atoms with Crippen molar-refractivity contribution in [1.82, 2.24) is 30.1 Å². The molecule has 0 spiro atoms. The average molecular weight is 423 g/mol. The molecule has 1 aromatic carbocycles. The number of nitrogens with one attached hydrogen (secondary N) is 1. The molecule has 1 unspecified atom stereocenters. The fourth-order valence-corrected chi connectivity index (χ4v) is 4.66. The molecule has 4 heterocycles. The highest BCUT2D eigenvalue weighted by Gasteiger charge is 2.45. The van der Waals surface area contributed by atoms with Crippen LogP contribution < -0.4 is 11.1 Å². The van der Waals surface area contributed by atoms with Crippen LogP contribution in [-0.4, -0.2) is 73.6 Å². The Morgan fingerprint density at radius 2 is 1.97 bits per heavy atom. The third-order valence-electron chi connectivity index (χ3n) is 6.14. The highest BCUT2D eigenvalue weighted by Crippen LogP contribution is 2.31. The van der Waals surface area contributed by atoms with Crippen molar-refractivity contribution < 1.29 is 19.2 Å². The fraction of sp³-hybridized carbons (Fsp3) is 0.400. The van der Waals surface area contributed by atoms with Crippen LogP contribution in [0.5, 0.6) is 0 Å². The minimum absolute atomic E-state index is 0.0310. The molecule has 3 atom stereocenters. The molecule has 0 bridgehead atoms. The van der Waals surface area contributed by atoms with E-state index in [4.69, 9.17) is 5.73 Å². The van der Waals surface area contributed by atoms with Gasteiger partial charge in [0.05, 0.1) is 23.4 Å². The van der Waals surface area contributed by atoms with Crippen molar-refractivity contribution in [3.05, 3.63) is 47.3 Å². The molecule has 2 saturated heterocycles. The predicted octanol–water partition coefficient (Wildman–Crippen LogP) is -0.936. The Kier molecular flexibility index (Phi) is 4.63. The number of nitrogens with zero attached hydrogens (tertiary/aromatic N) is 5. The SMILES string of the molecule is N[C@@H]1CN(Cc2cccc3c2C(=O)N(C2CCC(=O)NC2=O)C3=O)C[C@@H]1n1ccnn1. The summed E-state index contributed by atoms with van der Waals surface area (Å²) in [6.45, 7) is 1.67. The first-order valence-corrected chi connectivity index (χ1v) is 10.1. The second-order valence-electron chi connectivity index (χ2n) is 8.10. The number of amides is 4. The standard InChI is InChI=1S/C20H21N7O4/c21-13-9-25(10-15(13)26-7-6-22-24-26)8-11-2-1-3-12-17(11)20(31)27(19(12)30)14-4-5-16(28)23-18(14)29/h1-3,6-7,13-15H,4-5,8-10,21H2,(H,23,28,29)/t13-,14?,15+/m1/s1. The number of imide groups is 2. The van der Waals surface area contributed by atoms with Gasteiger partial charge in [-0.1, -0.05) is 17.3 Å². The van der Waals surface area contributed by atoms with Gasteiger partial charge in [0.2, 0.25) is 11.8 Å². The lowest BCUT2D eigenvalue weighted by atomic mass is 10.0. The van der Waals surface area contributed by atoms with Gasteiger partial charge in [-0.3, -0.25) is 34.3 Å². The molecule has 0 radical (unpaired) electrons. The number of fused-ring (bicyclic) bond motifs is 1. The Bertz CT molecular complexity index is 1080. The molecule has 3 aliphatic heterocycles. The van der Waals surface area contributed by atoms with Gasteiger partial charge in [-0.25, -0.2) is 4.68 Å². The summed E-state index contributed by atoms with van der Waals surface area (Å²) in [5.74, 6) is -2.02. The van der Waals surface area contributed by atoms with Gasteiger partial charge in [-0.2, -0.15) is 0 Å². The van der Waals surface area contributed by atoms with Crippen molar-refractivity contribution in [2.45, 2.75) is 37.5 Å². The molecular formula is C20H21N7O4. The molecule has 11 heteroatoms.